The molecule has 0 saturated carbocycles. The van der Waals surface area contributed by atoms with E-state index in [1.54, 1.807) is 45.6 Å². The van der Waals surface area contributed by atoms with Crippen LogP contribution < -0.4 is 10.00 Å². The lowest BCUT2D eigenvalue weighted by atomic mass is 10.1. The molecule has 0 aliphatic carbocycles. The second kappa shape index (κ2) is 6.32. The Morgan fingerprint density at radius 2 is 1.91 bits per heavy atom. The minimum atomic E-state index is -0.737. The molecule has 1 aromatic carbocycles. The van der Waals surface area contributed by atoms with E-state index in [-0.39, 0.29) is 5.91 Å². The van der Waals surface area contributed by atoms with Gasteiger partial charge in [-0.2, -0.15) is 0 Å². The molecule has 1 amide bonds. The molecule has 6 nitrogen and oxygen atoms in total. The first-order chi connectivity index (χ1) is 10.7. The highest BCUT2D eigenvalue weighted by Gasteiger charge is 2.25. The van der Waals surface area contributed by atoms with Crippen molar-refractivity contribution >= 4 is 22.8 Å². The average molecular weight is 316 g/mol. The van der Waals surface area contributed by atoms with E-state index >= 15 is 0 Å². The van der Waals surface area contributed by atoms with Gasteiger partial charge >= 0.3 is 5.97 Å². The number of nitrogens with one attached hydrogen (secondary N) is 1. The van der Waals surface area contributed by atoms with Crippen LogP contribution in [-0.4, -0.2) is 28.6 Å². The molecule has 2 aromatic rings. The van der Waals surface area contributed by atoms with Gasteiger partial charge in [0.2, 0.25) is 6.20 Å². The topological polar surface area (TPSA) is 72.2 Å². The number of esters is 1. The van der Waals surface area contributed by atoms with Crippen LogP contribution in [0.1, 0.15) is 38.1 Å². The number of fused-ring (bicyclic) bond motifs is 1. The zero-order valence-electron chi connectivity index (χ0n) is 14.1. The van der Waals surface area contributed by atoms with E-state index in [4.69, 9.17) is 4.74 Å². The van der Waals surface area contributed by atoms with E-state index in [9.17, 15) is 9.59 Å². The number of hydrogen-bond donors (Lipinski definition) is 1. The molecular formula is C17H22N3O3+. The monoisotopic (exact) mass is 316 g/mol. The summed E-state index contributed by atoms with van der Waals surface area (Å²) in [7, 11) is 1.75. The van der Waals surface area contributed by atoms with E-state index < -0.39 is 17.6 Å². The van der Waals surface area contributed by atoms with Crippen LogP contribution in [0, 0.1) is 0 Å². The molecule has 0 bridgehead atoms. The Kier molecular flexibility index (Phi) is 4.63. The van der Waals surface area contributed by atoms with Crippen LogP contribution in [0.5, 0.6) is 0 Å². The molecule has 0 spiro atoms. The second-order valence-corrected chi connectivity index (χ2v) is 6.46. The fourth-order valence-electron chi connectivity index (χ4n) is 2.15. The van der Waals surface area contributed by atoms with Crippen molar-refractivity contribution in [2.75, 3.05) is 0 Å². The number of ether oxygens (including phenoxy) is 1. The van der Waals surface area contributed by atoms with Crippen molar-refractivity contribution in [3.8, 4) is 0 Å². The van der Waals surface area contributed by atoms with Gasteiger partial charge in [-0.3, -0.25) is 4.79 Å². The second-order valence-electron chi connectivity index (χ2n) is 6.46. The minimum absolute atomic E-state index is 0.336. The summed E-state index contributed by atoms with van der Waals surface area (Å²) in [5.41, 5.74) is 0.590. The molecule has 0 fully saturated rings. The van der Waals surface area contributed by atoms with Gasteiger partial charge in [0.1, 0.15) is 22.7 Å². The van der Waals surface area contributed by atoms with E-state index in [1.807, 2.05) is 24.3 Å². The molecule has 2 rings (SSSR count). The van der Waals surface area contributed by atoms with Crippen molar-refractivity contribution in [2.45, 2.75) is 39.3 Å². The lowest BCUT2D eigenvalue weighted by Gasteiger charge is -2.22. The highest BCUT2D eigenvalue weighted by molar-refractivity contribution is 6.06. The van der Waals surface area contributed by atoms with Crippen molar-refractivity contribution in [3.05, 3.63) is 36.0 Å². The summed E-state index contributed by atoms with van der Waals surface area (Å²) in [6.07, 6.45) is 1.64. The molecule has 0 saturated heterocycles. The van der Waals surface area contributed by atoms with Crippen molar-refractivity contribution in [3.63, 3.8) is 0 Å². The van der Waals surface area contributed by atoms with Gasteiger partial charge < -0.3 is 10.1 Å². The van der Waals surface area contributed by atoms with E-state index in [0.717, 1.165) is 5.39 Å². The maximum absolute atomic E-state index is 12.5. The molecule has 1 atom stereocenters. The molecule has 0 radical (unpaired) electrons. The standard InChI is InChI=1S/C17H21N3O3/c1-11(16(22)23-17(2,3)4)18-15(21)13-10-20(5)19-14-9-7-6-8-12(13)14/h6-11H,1-5H3/p+1/t11-/m1/s1. The Balaban J connectivity index is 2.23. The highest BCUT2D eigenvalue weighted by Crippen LogP contribution is 2.15. The predicted molar refractivity (Wildman–Crippen MR) is 85.7 cm³/mol. The zero-order valence-corrected chi connectivity index (χ0v) is 14.1. The smallest absolute Gasteiger partial charge is 0.328 e. The van der Waals surface area contributed by atoms with Crippen LogP contribution in [0.25, 0.3) is 10.9 Å². The Morgan fingerprint density at radius 1 is 1.26 bits per heavy atom. The van der Waals surface area contributed by atoms with Gasteiger partial charge in [-0.1, -0.05) is 22.9 Å². The molecule has 1 heterocycles. The number of benzene rings is 1. The number of amides is 1. The SMILES string of the molecule is C[C@@H](NC(=O)c1c[n+](C)nc2ccccc12)C(=O)OC(C)(C)C. The molecular weight excluding hydrogens is 294 g/mol. The van der Waals surface area contributed by atoms with E-state index in [0.29, 0.717) is 11.1 Å². The van der Waals surface area contributed by atoms with Crippen molar-refractivity contribution in [2.24, 2.45) is 7.05 Å². The van der Waals surface area contributed by atoms with E-state index in [2.05, 4.69) is 10.4 Å². The number of aryl methyl sites for hydroxylation is 1. The molecule has 0 unspecified atom stereocenters. The largest absolute Gasteiger partial charge is 0.458 e. The number of carbonyl (C=O) groups excluding carboxylic acids is 2. The first kappa shape index (κ1) is 16.9. The summed E-state index contributed by atoms with van der Waals surface area (Å²) >= 11 is 0. The van der Waals surface area contributed by atoms with Gasteiger partial charge in [-0.15, -0.1) is 0 Å². The number of carbonyl (C=O) groups is 2. The van der Waals surface area contributed by atoms with Gasteiger partial charge in [0.05, 0.1) is 0 Å². The molecule has 1 N–H and O–H groups in total. The van der Waals surface area contributed by atoms with Crippen LogP contribution in [0.4, 0.5) is 0 Å². The van der Waals surface area contributed by atoms with Crippen LogP contribution >= 0.6 is 0 Å². The third-order valence-corrected chi connectivity index (χ3v) is 3.13. The summed E-state index contributed by atoms with van der Waals surface area (Å²) in [4.78, 5) is 24.5. The Labute approximate surface area is 135 Å². The van der Waals surface area contributed by atoms with Crippen molar-refractivity contribution < 1.29 is 19.0 Å². The van der Waals surface area contributed by atoms with Gasteiger partial charge in [-0.05, 0) is 38.9 Å². The zero-order chi connectivity index (χ0) is 17.2. The maximum atomic E-state index is 12.5. The fraction of sp³-hybridized carbons (Fsp3) is 0.412. The van der Waals surface area contributed by atoms with Crippen molar-refractivity contribution in [1.29, 1.82) is 0 Å². The molecule has 122 valence electrons. The average Bonchev–Trinajstić information content (AvgIpc) is 2.44. The molecule has 6 heteroatoms. The Hall–Kier alpha value is -2.50. The van der Waals surface area contributed by atoms with E-state index in [1.165, 1.54) is 0 Å². The van der Waals surface area contributed by atoms with Crippen LogP contribution in [0.15, 0.2) is 30.5 Å². The number of aromatic nitrogens is 2. The van der Waals surface area contributed by atoms with Crippen LogP contribution in [0.3, 0.4) is 0 Å². The van der Waals surface area contributed by atoms with Gasteiger partial charge in [-0.25, -0.2) is 4.79 Å². The first-order valence-electron chi connectivity index (χ1n) is 7.47. The predicted octanol–water partition coefficient (Wildman–Crippen LogP) is 1.52. The quantitative estimate of drug-likeness (QED) is 0.688. The summed E-state index contributed by atoms with van der Waals surface area (Å²) in [5.74, 6) is -0.800. The first-order valence-corrected chi connectivity index (χ1v) is 7.47. The summed E-state index contributed by atoms with van der Waals surface area (Å²) < 4.78 is 6.86. The van der Waals surface area contributed by atoms with Gasteiger partial charge in [0.15, 0.2) is 7.05 Å². The normalized spacial score (nSPS) is 12.7. The van der Waals surface area contributed by atoms with Crippen molar-refractivity contribution in [1.82, 2.24) is 10.4 Å². The van der Waals surface area contributed by atoms with Gasteiger partial charge in [0, 0.05) is 5.39 Å². The molecule has 0 aliphatic heterocycles. The summed E-state index contributed by atoms with van der Waals surface area (Å²) in [6.45, 7) is 6.97. The Bertz CT molecular complexity index is 750. The fourth-order valence-corrected chi connectivity index (χ4v) is 2.15. The maximum Gasteiger partial charge on any atom is 0.328 e. The molecule has 0 aliphatic rings. The third kappa shape index (κ3) is 4.25. The molecule has 23 heavy (non-hydrogen) atoms. The third-order valence-electron chi connectivity index (χ3n) is 3.13. The van der Waals surface area contributed by atoms with Gasteiger partial charge in [0.25, 0.3) is 5.91 Å². The lowest BCUT2D eigenvalue weighted by Crippen LogP contribution is -2.43. The molecule has 1 aromatic heterocycles. The lowest BCUT2D eigenvalue weighted by molar-refractivity contribution is -0.728. The Morgan fingerprint density at radius 3 is 2.57 bits per heavy atom. The number of hydrogen-bond acceptors (Lipinski definition) is 4. The summed E-state index contributed by atoms with van der Waals surface area (Å²) in [6, 6.07) is 6.64. The number of nitrogens with zero attached hydrogens (tertiary/aromatic N) is 2. The van der Waals surface area contributed by atoms with Crippen LogP contribution in [-0.2, 0) is 16.6 Å². The summed E-state index contributed by atoms with van der Waals surface area (Å²) in [5, 5.41) is 7.75. The minimum Gasteiger partial charge on any atom is -0.458 e. The number of rotatable bonds is 3. The highest BCUT2D eigenvalue weighted by atomic mass is 16.6. The van der Waals surface area contributed by atoms with Crippen LogP contribution in [0.2, 0.25) is 0 Å².